The number of hydrogen-bond donors (Lipinski definition) is 2. The fourth-order valence-corrected chi connectivity index (χ4v) is 2.04. The van der Waals surface area contributed by atoms with Crippen molar-refractivity contribution in [3.05, 3.63) is 29.6 Å². The van der Waals surface area contributed by atoms with Gasteiger partial charge in [0.2, 0.25) is 0 Å². The van der Waals surface area contributed by atoms with E-state index >= 15 is 0 Å². The molecule has 4 heteroatoms. The highest BCUT2D eigenvalue weighted by atomic mass is 15.0. The van der Waals surface area contributed by atoms with Gasteiger partial charge in [-0.2, -0.15) is 0 Å². The van der Waals surface area contributed by atoms with E-state index in [1.54, 1.807) is 0 Å². The summed E-state index contributed by atoms with van der Waals surface area (Å²) in [4.78, 5) is 4.54. The quantitative estimate of drug-likeness (QED) is 0.790. The van der Waals surface area contributed by atoms with Crippen molar-refractivity contribution < 1.29 is 0 Å². The van der Waals surface area contributed by atoms with Gasteiger partial charge in [0.25, 0.3) is 0 Å². The Balaban J connectivity index is 2.02. The molecule has 2 aromatic rings. The molecule has 98 valence electrons. The first-order chi connectivity index (χ1) is 8.58. The second-order valence-corrected chi connectivity index (χ2v) is 4.98. The molecule has 2 rings (SSSR count). The molecule has 0 amide bonds. The van der Waals surface area contributed by atoms with Crippen LogP contribution in [0.15, 0.2) is 18.2 Å². The zero-order chi connectivity index (χ0) is 13.1. The van der Waals surface area contributed by atoms with E-state index in [0.717, 1.165) is 30.9 Å². The zero-order valence-corrected chi connectivity index (χ0v) is 11.4. The van der Waals surface area contributed by atoms with Crippen LogP contribution in [0.4, 0.5) is 0 Å². The molecule has 0 bridgehead atoms. The van der Waals surface area contributed by atoms with E-state index in [9.17, 15) is 0 Å². The number of hydrogen-bond acceptors (Lipinski definition) is 3. The van der Waals surface area contributed by atoms with Crippen molar-refractivity contribution in [2.45, 2.75) is 32.9 Å². The van der Waals surface area contributed by atoms with Gasteiger partial charge in [-0.25, -0.2) is 4.98 Å². The number of fused-ring (bicyclic) bond motifs is 1. The first-order valence-corrected chi connectivity index (χ1v) is 6.46. The number of benzene rings is 1. The summed E-state index contributed by atoms with van der Waals surface area (Å²) in [6.07, 6.45) is 1.00. The van der Waals surface area contributed by atoms with Gasteiger partial charge in [0.05, 0.1) is 11.0 Å². The lowest BCUT2D eigenvalue weighted by Gasteiger charge is -2.07. The van der Waals surface area contributed by atoms with Gasteiger partial charge in [0.15, 0.2) is 0 Å². The number of aryl methyl sites for hydroxylation is 2. The third-order valence-corrected chi connectivity index (χ3v) is 3.27. The number of aromatic nitrogens is 2. The van der Waals surface area contributed by atoms with Crippen molar-refractivity contribution in [1.29, 1.82) is 0 Å². The van der Waals surface area contributed by atoms with Crippen LogP contribution in [0.1, 0.15) is 24.7 Å². The molecule has 0 aliphatic rings. The Morgan fingerprint density at radius 3 is 2.94 bits per heavy atom. The third-order valence-electron chi connectivity index (χ3n) is 3.27. The number of nitrogens with two attached hydrogens (primary N) is 1. The fraction of sp³-hybridized carbons (Fsp3) is 0.500. The normalized spacial score (nSPS) is 13.1. The van der Waals surface area contributed by atoms with E-state index in [1.807, 2.05) is 20.9 Å². The van der Waals surface area contributed by atoms with Gasteiger partial charge in [0.1, 0.15) is 5.82 Å². The number of nitrogens with one attached hydrogen (secondary N) is 1. The summed E-state index contributed by atoms with van der Waals surface area (Å²) in [5.41, 5.74) is 9.24. The largest absolute Gasteiger partial charge is 0.331 e. The van der Waals surface area contributed by atoms with E-state index in [1.165, 1.54) is 11.1 Å². The first kappa shape index (κ1) is 13.1. The fourth-order valence-electron chi connectivity index (χ4n) is 2.04. The van der Waals surface area contributed by atoms with Gasteiger partial charge in [-0.3, -0.25) is 0 Å². The third kappa shape index (κ3) is 2.89. The van der Waals surface area contributed by atoms with E-state index in [-0.39, 0.29) is 6.04 Å². The van der Waals surface area contributed by atoms with Gasteiger partial charge in [-0.1, -0.05) is 6.07 Å². The first-order valence-electron chi connectivity index (χ1n) is 6.46. The van der Waals surface area contributed by atoms with Crippen LogP contribution < -0.4 is 11.1 Å². The summed E-state index contributed by atoms with van der Waals surface area (Å²) in [6.45, 7) is 5.89. The molecule has 0 aliphatic heterocycles. The van der Waals surface area contributed by atoms with Crippen molar-refractivity contribution in [1.82, 2.24) is 14.9 Å². The monoisotopic (exact) mass is 246 g/mol. The van der Waals surface area contributed by atoms with E-state index in [0.29, 0.717) is 0 Å². The van der Waals surface area contributed by atoms with Crippen molar-refractivity contribution in [3.8, 4) is 0 Å². The van der Waals surface area contributed by atoms with E-state index in [2.05, 4.69) is 33.1 Å². The molecule has 0 aliphatic carbocycles. The summed E-state index contributed by atoms with van der Waals surface area (Å²) < 4.78 is 2.11. The van der Waals surface area contributed by atoms with Crippen molar-refractivity contribution in [3.63, 3.8) is 0 Å². The van der Waals surface area contributed by atoms with E-state index < -0.39 is 0 Å². The Morgan fingerprint density at radius 1 is 1.44 bits per heavy atom. The highest BCUT2D eigenvalue weighted by molar-refractivity contribution is 5.76. The molecule has 1 unspecified atom stereocenters. The number of rotatable bonds is 5. The maximum atomic E-state index is 5.71. The van der Waals surface area contributed by atoms with Crippen LogP contribution in [0.25, 0.3) is 11.0 Å². The van der Waals surface area contributed by atoms with Crippen LogP contribution in [0.3, 0.4) is 0 Å². The number of nitrogens with zero attached hydrogens (tertiary/aromatic N) is 2. The molecule has 0 spiro atoms. The Hall–Kier alpha value is -1.39. The maximum absolute atomic E-state index is 5.71. The molecule has 0 fully saturated rings. The van der Waals surface area contributed by atoms with Gasteiger partial charge >= 0.3 is 0 Å². The average molecular weight is 246 g/mol. The Kier molecular flexibility index (Phi) is 3.99. The van der Waals surface area contributed by atoms with E-state index in [4.69, 9.17) is 5.73 Å². The minimum absolute atomic E-state index is 0.262. The second kappa shape index (κ2) is 5.50. The lowest BCUT2D eigenvalue weighted by Crippen LogP contribution is -2.23. The second-order valence-electron chi connectivity index (χ2n) is 4.98. The van der Waals surface area contributed by atoms with Gasteiger partial charge in [-0.05, 0) is 44.5 Å². The lowest BCUT2D eigenvalue weighted by atomic mass is 10.2. The molecular formula is C14H22N4. The predicted octanol–water partition coefficient (Wildman–Crippen LogP) is 1.71. The van der Waals surface area contributed by atoms with Crippen LogP contribution in [0.5, 0.6) is 0 Å². The Bertz CT molecular complexity index is 528. The van der Waals surface area contributed by atoms with Gasteiger partial charge in [-0.15, -0.1) is 0 Å². The summed E-state index contributed by atoms with van der Waals surface area (Å²) in [5, 5.41) is 3.40. The van der Waals surface area contributed by atoms with Crippen LogP contribution in [-0.4, -0.2) is 22.1 Å². The lowest BCUT2D eigenvalue weighted by molar-refractivity contribution is 0.589. The molecule has 4 nitrogen and oxygen atoms in total. The molecule has 18 heavy (non-hydrogen) atoms. The van der Waals surface area contributed by atoms with Crippen LogP contribution >= 0.6 is 0 Å². The SMILES string of the molecule is Cc1nc2cc(CNCCC(C)N)ccc2n1C. The topological polar surface area (TPSA) is 55.9 Å². The summed E-state index contributed by atoms with van der Waals surface area (Å²) >= 11 is 0. The molecule has 1 atom stereocenters. The highest BCUT2D eigenvalue weighted by Crippen LogP contribution is 2.16. The van der Waals surface area contributed by atoms with Crippen LogP contribution in [-0.2, 0) is 13.6 Å². The molecule has 1 aromatic carbocycles. The molecule has 3 N–H and O–H groups in total. The number of imidazole rings is 1. The highest BCUT2D eigenvalue weighted by Gasteiger charge is 2.04. The summed E-state index contributed by atoms with van der Waals surface area (Å²) in [7, 11) is 2.05. The molecule has 0 saturated carbocycles. The average Bonchev–Trinajstić information content (AvgIpc) is 2.60. The molecule has 0 radical (unpaired) electrons. The standard InChI is InChI=1S/C14H22N4/c1-10(15)6-7-16-9-12-4-5-14-13(8-12)17-11(2)18(14)3/h4-5,8,10,16H,6-7,9,15H2,1-3H3. The van der Waals surface area contributed by atoms with Crippen LogP contribution in [0, 0.1) is 6.92 Å². The predicted molar refractivity (Wildman–Crippen MR) is 75.4 cm³/mol. The summed E-state index contributed by atoms with van der Waals surface area (Å²) in [5.74, 6) is 1.05. The van der Waals surface area contributed by atoms with Crippen molar-refractivity contribution in [2.75, 3.05) is 6.54 Å². The zero-order valence-electron chi connectivity index (χ0n) is 11.4. The van der Waals surface area contributed by atoms with Gasteiger partial charge < -0.3 is 15.6 Å². The van der Waals surface area contributed by atoms with Gasteiger partial charge in [0, 0.05) is 19.6 Å². The smallest absolute Gasteiger partial charge is 0.106 e. The maximum Gasteiger partial charge on any atom is 0.106 e. The van der Waals surface area contributed by atoms with Crippen molar-refractivity contribution in [2.24, 2.45) is 12.8 Å². The summed E-state index contributed by atoms with van der Waals surface area (Å²) in [6, 6.07) is 6.71. The Morgan fingerprint density at radius 2 is 2.22 bits per heavy atom. The molecular weight excluding hydrogens is 224 g/mol. The molecule has 1 aromatic heterocycles. The molecule has 0 saturated heterocycles. The minimum atomic E-state index is 0.262. The molecule has 1 heterocycles. The minimum Gasteiger partial charge on any atom is -0.331 e. The van der Waals surface area contributed by atoms with Crippen LogP contribution in [0.2, 0.25) is 0 Å². The Labute approximate surface area is 108 Å². The van der Waals surface area contributed by atoms with Crippen molar-refractivity contribution >= 4 is 11.0 Å².